The number of rotatable bonds is 4. The number of aryl methyl sites for hydroxylation is 1. The second-order valence-electron chi connectivity index (χ2n) is 6.52. The van der Waals surface area contributed by atoms with Crippen LogP contribution in [-0.4, -0.2) is 17.3 Å². The molecule has 0 bridgehead atoms. The van der Waals surface area contributed by atoms with Gasteiger partial charge in [-0.25, -0.2) is 4.79 Å². The average Bonchev–Trinajstić information content (AvgIpc) is 2.88. The molecule has 3 heteroatoms. The molecule has 1 heterocycles. The summed E-state index contributed by atoms with van der Waals surface area (Å²) in [5.41, 5.74) is 5.94. The molecule has 0 radical (unpaired) electrons. The van der Waals surface area contributed by atoms with Gasteiger partial charge in [-0.05, 0) is 67.5 Å². The first kappa shape index (κ1) is 17.2. The van der Waals surface area contributed by atoms with E-state index in [1.165, 1.54) is 16.7 Å². The summed E-state index contributed by atoms with van der Waals surface area (Å²) < 4.78 is 0. The minimum Gasteiger partial charge on any atom is -0.478 e. The number of benzene rings is 2. The fourth-order valence-corrected chi connectivity index (χ4v) is 3.32. The smallest absolute Gasteiger partial charge is 0.335 e. The van der Waals surface area contributed by atoms with E-state index in [1.54, 1.807) is 12.1 Å². The minimum absolute atomic E-state index is 0.0476. The van der Waals surface area contributed by atoms with Crippen LogP contribution in [0, 0.1) is 13.8 Å². The second-order valence-corrected chi connectivity index (χ2v) is 6.52. The summed E-state index contributed by atoms with van der Waals surface area (Å²) in [4.78, 5) is 16.1. The monoisotopic (exact) mass is 333 g/mol. The molecule has 128 valence electrons. The van der Waals surface area contributed by atoms with Crippen LogP contribution in [0.4, 0.5) is 0 Å². The maximum Gasteiger partial charge on any atom is 0.335 e. The molecule has 1 unspecified atom stereocenters. The first-order valence-corrected chi connectivity index (χ1v) is 8.70. The fourth-order valence-electron chi connectivity index (χ4n) is 3.32. The molecule has 2 aromatic carbocycles. The molecule has 2 aromatic rings. The van der Waals surface area contributed by atoms with Crippen molar-refractivity contribution in [1.82, 2.24) is 0 Å². The van der Waals surface area contributed by atoms with Crippen LogP contribution >= 0.6 is 0 Å². The van der Waals surface area contributed by atoms with Crippen LogP contribution in [0.3, 0.4) is 0 Å². The number of carboxylic acids is 1. The largest absolute Gasteiger partial charge is 0.478 e. The van der Waals surface area contributed by atoms with Crippen LogP contribution in [0.5, 0.6) is 0 Å². The highest BCUT2D eigenvalue weighted by molar-refractivity contribution is 5.87. The average molecular weight is 333 g/mol. The molecule has 1 aliphatic rings. The summed E-state index contributed by atoms with van der Waals surface area (Å²) in [5, 5.41) is 9.37. The number of carbonyl (C=O) groups is 1. The zero-order valence-corrected chi connectivity index (χ0v) is 14.7. The molecule has 1 atom stereocenters. The molecule has 0 aromatic heterocycles. The lowest BCUT2D eigenvalue weighted by atomic mass is 9.84. The summed E-state index contributed by atoms with van der Waals surface area (Å²) in [6, 6.07) is 13.5. The third-order valence-corrected chi connectivity index (χ3v) is 4.85. The van der Waals surface area contributed by atoms with E-state index in [4.69, 9.17) is 4.99 Å². The standard InChI is InChI=1S/C22H23NO2/c1-15-8-6-11-19(16(15)2)21(20-12-4-3-5-13-23-20)17-9-7-10-18(14-17)22(24)25/h6-14,21H,3-5H2,1-2H3,(H,24,25). The summed E-state index contributed by atoms with van der Waals surface area (Å²) in [7, 11) is 0. The van der Waals surface area contributed by atoms with Crippen molar-refractivity contribution in [3.8, 4) is 0 Å². The Hall–Kier alpha value is -2.68. The van der Waals surface area contributed by atoms with Crippen LogP contribution in [-0.2, 0) is 0 Å². The maximum atomic E-state index is 11.4. The summed E-state index contributed by atoms with van der Waals surface area (Å²) >= 11 is 0. The van der Waals surface area contributed by atoms with Gasteiger partial charge in [0.05, 0.1) is 11.5 Å². The van der Waals surface area contributed by atoms with Gasteiger partial charge in [-0.15, -0.1) is 0 Å². The molecule has 0 saturated carbocycles. The highest BCUT2D eigenvalue weighted by Gasteiger charge is 2.22. The zero-order chi connectivity index (χ0) is 17.8. The van der Waals surface area contributed by atoms with Crippen molar-refractivity contribution in [1.29, 1.82) is 0 Å². The van der Waals surface area contributed by atoms with Crippen LogP contribution in [0.15, 0.2) is 59.2 Å². The predicted octanol–water partition coefficient (Wildman–Crippen LogP) is 5.27. The van der Waals surface area contributed by atoms with E-state index in [0.717, 1.165) is 30.5 Å². The Bertz CT molecular complexity index is 849. The lowest BCUT2D eigenvalue weighted by Crippen LogP contribution is -2.08. The van der Waals surface area contributed by atoms with E-state index in [0.29, 0.717) is 5.56 Å². The molecule has 3 nitrogen and oxygen atoms in total. The second kappa shape index (κ2) is 7.47. The van der Waals surface area contributed by atoms with Gasteiger partial charge in [0.1, 0.15) is 0 Å². The molecule has 3 rings (SSSR count). The Labute approximate surface area is 148 Å². The normalized spacial score (nSPS) is 15.4. The molecule has 1 N–H and O–H groups in total. The first-order chi connectivity index (χ1) is 12.1. The SMILES string of the molecule is Cc1cccc(C(C2=CCCCC=N2)c2cccc(C(=O)O)c2)c1C. The zero-order valence-electron chi connectivity index (χ0n) is 14.7. The molecule has 0 spiro atoms. The molecular formula is C22H23NO2. The molecule has 0 saturated heterocycles. The maximum absolute atomic E-state index is 11.4. The van der Waals surface area contributed by atoms with Crippen molar-refractivity contribution in [3.05, 3.63) is 82.1 Å². The molecule has 0 aliphatic carbocycles. The highest BCUT2D eigenvalue weighted by atomic mass is 16.4. The van der Waals surface area contributed by atoms with Crippen LogP contribution in [0.25, 0.3) is 0 Å². The number of carboxylic acid groups (broad SMARTS) is 1. The number of allylic oxidation sites excluding steroid dienone is 2. The van der Waals surface area contributed by atoms with Gasteiger partial charge in [-0.1, -0.05) is 36.4 Å². The van der Waals surface area contributed by atoms with E-state index in [1.807, 2.05) is 18.3 Å². The predicted molar refractivity (Wildman–Crippen MR) is 102 cm³/mol. The van der Waals surface area contributed by atoms with Gasteiger partial charge in [0.2, 0.25) is 0 Å². The first-order valence-electron chi connectivity index (χ1n) is 8.70. The molecule has 0 fully saturated rings. The Balaban J connectivity index is 2.18. The van der Waals surface area contributed by atoms with Gasteiger partial charge in [-0.3, -0.25) is 4.99 Å². The van der Waals surface area contributed by atoms with Crippen molar-refractivity contribution in [2.45, 2.75) is 39.0 Å². The van der Waals surface area contributed by atoms with Gasteiger partial charge < -0.3 is 5.11 Å². The van der Waals surface area contributed by atoms with Gasteiger partial charge in [-0.2, -0.15) is 0 Å². The van der Waals surface area contributed by atoms with Crippen LogP contribution in [0.2, 0.25) is 0 Å². The number of hydrogen-bond donors (Lipinski definition) is 1. The third kappa shape index (κ3) is 3.71. The number of aliphatic imine (C=N–C) groups is 1. The van der Waals surface area contributed by atoms with Gasteiger partial charge >= 0.3 is 5.97 Å². The van der Waals surface area contributed by atoms with Crippen LogP contribution < -0.4 is 0 Å². The van der Waals surface area contributed by atoms with Crippen molar-refractivity contribution in [2.75, 3.05) is 0 Å². The van der Waals surface area contributed by atoms with E-state index in [9.17, 15) is 9.90 Å². The number of nitrogens with zero attached hydrogens (tertiary/aromatic N) is 1. The summed E-state index contributed by atoms with van der Waals surface area (Å²) in [5.74, 6) is -0.950. The van der Waals surface area contributed by atoms with Gasteiger partial charge in [0.25, 0.3) is 0 Å². The summed E-state index contributed by atoms with van der Waals surface area (Å²) in [6.07, 6.45) is 7.26. The number of aromatic carboxylic acids is 1. The van der Waals surface area contributed by atoms with Crippen molar-refractivity contribution in [3.63, 3.8) is 0 Å². The molecule has 1 aliphatic heterocycles. The van der Waals surface area contributed by atoms with Crippen molar-refractivity contribution >= 4 is 12.2 Å². The quantitative estimate of drug-likeness (QED) is 0.828. The van der Waals surface area contributed by atoms with Crippen molar-refractivity contribution in [2.24, 2.45) is 4.99 Å². The Morgan fingerprint density at radius 2 is 1.92 bits per heavy atom. The summed E-state index contributed by atoms with van der Waals surface area (Å²) in [6.45, 7) is 4.23. The molecular weight excluding hydrogens is 310 g/mol. The Morgan fingerprint density at radius 3 is 2.72 bits per heavy atom. The van der Waals surface area contributed by atoms with E-state index < -0.39 is 5.97 Å². The van der Waals surface area contributed by atoms with Gasteiger partial charge in [0.15, 0.2) is 0 Å². The Kier molecular flexibility index (Phi) is 5.13. The van der Waals surface area contributed by atoms with E-state index >= 15 is 0 Å². The third-order valence-electron chi connectivity index (χ3n) is 4.85. The number of hydrogen-bond acceptors (Lipinski definition) is 2. The lowest BCUT2D eigenvalue weighted by Gasteiger charge is -2.22. The molecule has 25 heavy (non-hydrogen) atoms. The molecule has 0 amide bonds. The highest BCUT2D eigenvalue weighted by Crippen LogP contribution is 2.36. The van der Waals surface area contributed by atoms with Crippen LogP contribution in [0.1, 0.15) is 57.8 Å². The van der Waals surface area contributed by atoms with Gasteiger partial charge in [0, 0.05) is 11.9 Å². The topological polar surface area (TPSA) is 49.7 Å². The Morgan fingerprint density at radius 1 is 1.12 bits per heavy atom. The lowest BCUT2D eigenvalue weighted by molar-refractivity contribution is 0.0696. The van der Waals surface area contributed by atoms with Crippen molar-refractivity contribution < 1.29 is 9.90 Å². The fraction of sp³-hybridized carbons (Fsp3) is 0.273. The minimum atomic E-state index is -0.903. The van der Waals surface area contributed by atoms with E-state index in [2.05, 4.69) is 38.1 Å². The van der Waals surface area contributed by atoms with E-state index in [-0.39, 0.29) is 5.92 Å².